The van der Waals surface area contributed by atoms with Gasteiger partial charge in [0.1, 0.15) is 17.1 Å². The molecule has 0 bridgehead atoms. The summed E-state index contributed by atoms with van der Waals surface area (Å²) in [6.07, 6.45) is 13.9. The van der Waals surface area contributed by atoms with Crippen LogP contribution in [0.4, 0.5) is 28.8 Å². The number of hydrogen-bond donors (Lipinski definition) is 2. The van der Waals surface area contributed by atoms with Crippen LogP contribution < -0.4 is 20.3 Å². The number of anilines is 5. The van der Waals surface area contributed by atoms with E-state index in [1.165, 1.54) is 63.1 Å². The number of aromatic nitrogens is 4. The van der Waals surface area contributed by atoms with Gasteiger partial charge in [-0.1, -0.05) is 12.7 Å². The third kappa shape index (κ3) is 6.36. The van der Waals surface area contributed by atoms with E-state index >= 15 is 0 Å². The first-order valence-corrected chi connectivity index (χ1v) is 17.5. The number of nitrogens with one attached hydrogen (secondary N) is 2. The van der Waals surface area contributed by atoms with Gasteiger partial charge in [0.2, 0.25) is 5.95 Å². The molecule has 10 nitrogen and oxygen atoms in total. The van der Waals surface area contributed by atoms with Crippen LogP contribution in [-0.4, -0.2) is 95.5 Å². The molecular formula is C35H43N9OS. The van der Waals surface area contributed by atoms with Gasteiger partial charge in [0.15, 0.2) is 0 Å². The molecule has 11 heteroatoms. The maximum atomic E-state index is 5.97. The van der Waals surface area contributed by atoms with Gasteiger partial charge in [0, 0.05) is 81.2 Å². The minimum atomic E-state index is 0.486. The number of piperazine rings is 1. The Morgan fingerprint density at radius 3 is 2.43 bits per heavy atom. The highest BCUT2D eigenvalue weighted by Gasteiger charge is 2.32. The number of ether oxygens (including phenoxy) is 1. The molecule has 1 saturated carbocycles. The SMILES string of the molecule is C=Cc1cnc(Nc2cc(C3CC3)c(N3CCC(N4CCN(C)CC4)CC3)cc2OC)nc1Nc1ccc2nccnc2c1SC. The van der Waals surface area contributed by atoms with Gasteiger partial charge in [-0.25, -0.2) is 4.98 Å². The number of piperidine rings is 1. The lowest BCUT2D eigenvalue weighted by Crippen LogP contribution is -2.52. The van der Waals surface area contributed by atoms with E-state index in [0.29, 0.717) is 23.7 Å². The van der Waals surface area contributed by atoms with Crippen molar-refractivity contribution < 1.29 is 4.74 Å². The van der Waals surface area contributed by atoms with E-state index in [0.717, 1.165) is 51.7 Å². The minimum absolute atomic E-state index is 0.486. The maximum absolute atomic E-state index is 5.97. The second-order valence-electron chi connectivity index (χ2n) is 12.5. The van der Waals surface area contributed by atoms with E-state index in [9.17, 15) is 0 Å². The second kappa shape index (κ2) is 13.4. The van der Waals surface area contributed by atoms with Crippen LogP contribution in [0.3, 0.4) is 0 Å². The van der Waals surface area contributed by atoms with Crippen LogP contribution in [0.25, 0.3) is 17.1 Å². The Morgan fingerprint density at radius 2 is 1.72 bits per heavy atom. The summed E-state index contributed by atoms with van der Waals surface area (Å²) in [7, 11) is 3.97. The molecule has 2 N–H and O–H groups in total. The third-order valence-corrected chi connectivity index (χ3v) is 10.4. The van der Waals surface area contributed by atoms with Gasteiger partial charge < -0.3 is 25.2 Å². The van der Waals surface area contributed by atoms with Crippen molar-refractivity contribution in [2.45, 2.75) is 42.5 Å². The Labute approximate surface area is 275 Å². The van der Waals surface area contributed by atoms with Gasteiger partial charge in [-0.15, -0.1) is 11.8 Å². The molecule has 0 atom stereocenters. The first-order valence-electron chi connectivity index (χ1n) is 16.2. The fraction of sp³-hybridized carbons (Fsp3) is 0.429. The van der Waals surface area contributed by atoms with Gasteiger partial charge in [0.25, 0.3) is 0 Å². The highest BCUT2D eigenvalue weighted by molar-refractivity contribution is 7.99. The van der Waals surface area contributed by atoms with Crippen LogP contribution >= 0.6 is 11.8 Å². The van der Waals surface area contributed by atoms with Gasteiger partial charge in [0.05, 0.1) is 28.9 Å². The first kappa shape index (κ1) is 30.7. The smallest absolute Gasteiger partial charge is 0.229 e. The molecule has 1 aliphatic carbocycles. The number of likely N-dealkylation sites (N-methyl/N-ethyl adjacent to an activating group) is 1. The zero-order chi connectivity index (χ0) is 31.6. The molecule has 2 aromatic heterocycles. The summed E-state index contributed by atoms with van der Waals surface area (Å²) >= 11 is 1.63. The van der Waals surface area contributed by atoms with Crippen LogP contribution in [0, 0.1) is 0 Å². The van der Waals surface area contributed by atoms with Crippen molar-refractivity contribution in [2.24, 2.45) is 0 Å². The molecule has 3 aliphatic rings. The molecule has 2 aliphatic heterocycles. The van der Waals surface area contributed by atoms with Gasteiger partial charge in [-0.05, 0) is 68.7 Å². The fourth-order valence-electron chi connectivity index (χ4n) is 6.77. The fourth-order valence-corrected chi connectivity index (χ4v) is 7.46. The van der Waals surface area contributed by atoms with Gasteiger partial charge >= 0.3 is 0 Å². The Morgan fingerprint density at radius 1 is 0.935 bits per heavy atom. The zero-order valence-corrected chi connectivity index (χ0v) is 27.8. The lowest BCUT2D eigenvalue weighted by atomic mass is 9.99. The molecule has 0 amide bonds. The van der Waals surface area contributed by atoms with E-state index in [1.54, 1.807) is 43.5 Å². The highest BCUT2D eigenvalue weighted by atomic mass is 32.2. The van der Waals surface area contributed by atoms with Crippen molar-refractivity contribution >= 4 is 57.7 Å². The van der Waals surface area contributed by atoms with E-state index in [1.807, 2.05) is 18.4 Å². The molecule has 4 heterocycles. The minimum Gasteiger partial charge on any atom is -0.494 e. The summed E-state index contributed by atoms with van der Waals surface area (Å²) in [6.45, 7) is 10.9. The number of benzene rings is 2. The van der Waals surface area contributed by atoms with Crippen molar-refractivity contribution in [3.05, 3.63) is 60.6 Å². The van der Waals surface area contributed by atoms with Crippen LogP contribution in [0.15, 0.2) is 54.3 Å². The summed E-state index contributed by atoms with van der Waals surface area (Å²) in [5, 5.41) is 7.00. The number of rotatable bonds is 10. The lowest BCUT2D eigenvalue weighted by molar-refractivity contribution is 0.0982. The molecule has 240 valence electrons. The van der Waals surface area contributed by atoms with Crippen molar-refractivity contribution in [3.63, 3.8) is 0 Å². The average molecular weight is 638 g/mol. The van der Waals surface area contributed by atoms with Crippen LogP contribution in [0.5, 0.6) is 5.75 Å². The summed E-state index contributed by atoms with van der Waals surface area (Å²) in [5.74, 6) is 2.52. The Kier molecular flexibility index (Phi) is 8.97. The molecule has 4 aromatic rings. The monoisotopic (exact) mass is 637 g/mol. The Hall–Kier alpha value is -3.93. The number of hydrogen-bond acceptors (Lipinski definition) is 11. The van der Waals surface area contributed by atoms with Crippen molar-refractivity contribution in [2.75, 3.05) is 75.2 Å². The normalized spacial score (nSPS) is 18.1. The predicted molar refractivity (Wildman–Crippen MR) is 189 cm³/mol. The van der Waals surface area contributed by atoms with Crippen molar-refractivity contribution in [1.29, 1.82) is 0 Å². The molecule has 2 saturated heterocycles. The summed E-state index contributed by atoms with van der Waals surface area (Å²) < 4.78 is 5.97. The number of fused-ring (bicyclic) bond motifs is 1. The highest BCUT2D eigenvalue weighted by Crippen LogP contribution is 2.48. The molecule has 3 fully saturated rings. The molecule has 0 spiro atoms. The van der Waals surface area contributed by atoms with E-state index in [4.69, 9.17) is 9.72 Å². The topological polar surface area (TPSA) is 94.6 Å². The van der Waals surface area contributed by atoms with Crippen molar-refractivity contribution in [1.82, 2.24) is 29.7 Å². The van der Waals surface area contributed by atoms with E-state index in [-0.39, 0.29) is 0 Å². The zero-order valence-electron chi connectivity index (χ0n) is 27.0. The van der Waals surface area contributed by atoms with Gasteiger partial charge in [-0.2, -0.15) is 4.98 Å². The molecule has 0 unspecified atom stereocenters. The van der Waals surface area contributed by atoms with E-state index in [2.05, 4.69) is 66.0 Å². The standard InChI is InChI=1S/C35H43N9OS/c1-5-23-22-38-35(41-34(23)39-28-9-8-27-32(33(28)46-4)37-13-12-36-27)40-29-20-26(24-6-7-24)30(21-31(29)45-3)44-14-10-25(11-15-44)43-18-16-42(2)17-19-43/h5,8-9,12-13,20-22,24-25H,1,6-7,10-11,14-19H2,2-4H3,(H2,38,39,40,41). The summed E-state index contributed by atoms with van der Waals surface area (Å²) in [6, 6.07) is 9.17. The number of methoxy groups -OCH3 is 1. The molecular weight excluding hydrogens is 595 g/mol. The Bertz CT molecular complexity index is 1710. The predicted octanol–water partition coefficient (Wildman–Crippen LogP) is 6.37. The largest absolute Gasteiger partial charge is 0.494 e. The molecule has 46 heavy (non-hydrogen) atoms. The quantitative estimate of drug-likeness (QED) is 0.190. The summed E-state index contributed by atoms with van der Waals surface area (Å²) in [4.78, 5) is 27.3. The number of thioether (sulfide) groups is 1. The van der Waals surface area contributed by atoms with Gasteiger partial charge in [-0.3, -0.25) is 14.9 Å². The average Bonchev–Trinajstić information content (AvgIpc) is 3.94. The van der Waals surface area contributed by atoms with Crippen molar-refractivity contribution in [3.8, 4) is 5.75 Å². The number of nitrogens with zero attached hydrogens (tertiary/aromatic N) is 7. The molecule has 7 rings (SSSR count). The van der Waals surface area contributed by atoms with E-state index < -0.39 is 0 Å². The second-order valence-corrected chi connectivity index (χ2v) is 13.3. The third-order valence-electron chi connectivity index (χ3n) is 9.56. The first-order chi connectivity index (χ1) is 22.5. The lowest BCUT2D eigenvalue weighted by Gasteiger charge is -2.43. The van der Waals surface area contributed by atoms with Crippen LogP contribution in [-0.2, 0) is 0 Å². The Balaban J connectivity index is 1.13. The van der Waals surface area contributed by atoms with Crippen LogP contribution in [0.1, 0.15) is 42.7 Å². The van der Waals surface area contributed by atoms with Crippen LogP contribution in [0.2, 0.25) is 0 Å². The summed E-state index contributed by atoms with van der Waals surface area (Å²) in [5.41, 5.74) is 7.01. The maximum Gasteiger partial charge on any atom is 0.229 e. The molecule has 0 radical (unpaired) electrons. The molecule has 2 aromatic carbocycles.